The normalized spacial score (nSPS) is 17.0. The molecule has 1 fully saturated rings. The van der Waals surface area contributed by atoms with Gasteiger partial charge in [0.1, 0.15) is 12.4 Å². The van der Waals surface area contributed by atoms with E-state index in [1.807, 2.05) is 0 Å². The molecule has 31 heavy (non-hydrogen) atoms. The third-order valence-corrected chi connectivity index (χ3v) is 5.26. The molecular weight excluding hydrogens is 422 g/mol. The lowest BCUT2D eigenvalue weighted by Gasteiger charge is -2.14. The van der Waals surface area contributed by atoms with Gasteiger partial charge in [-0.05, 0) is 62.2 Å². The summed E-state index contributed by atoms with van der Waals surface area (Å²) in [6, 6.07) is 12.5. The number of anilines is 1. The van der Waals surface area contributed by atoms with Gasteiger partial charge in [0.05, 0.1) is 17.9 Å². The minimum absolute atomic E-state index is 0.0623. The van der Waals surface area contributed by atoms with Crippen LogP contribution in [0.1, 0.15) is 40.5 Å². The molecule has 1 saturated heterocycles. The maximum Gasteiger partial charge on any atom is 0.338 e. The van der Waals surface area contributed by atoms with Crippen LogP contribution in [0.25, 0.3) is 0 Å². The lowest BCUT2D eigenvalue weighted by Crippen LogP contribution is -2.24. The number of ether oxygens (including phenoxy) is 3. The van der Waals surface area contributed by atoms with Crippen LogP contribution in [0.15, 0.2) is 48.5 Å². The molecule has 2 aromatic rings. The second kappa shape index (κ2) is 9.93. The van der Waals surface area contributed by atoms with Crippen molar-refractivity contribution in [2.45, 2.75) is 32.0 Å². The Hall–Kier alpha value is -2.91. The van der Waals surface area contributed by atoms with Gasteiger partial charge in [0.25, 0.3) is 0 Å². The van der Waals surface area contributed by atoms with Gasteiger partial charge in [-0.3, -0.25) is 9.52 Å². The fourth-order valence-corrected chi connectivity index (χ4v) is 3.68. The van der Waals surface area contributed by atoms with Gasteiger partial charge in [-0.1, -0.05) is 6.07 Å². The second-order valence-corrected chi connectivity index (χ2v) is 9.09. The maximum atomic E-state index is 12.6. The lowest BCUT2D eigenvalue weighted by atomic mass is 10.1. The van der Waals surface area contributed by atoms with Crippen molar-refractivity contribution >= 4 is 27.5 Å². The minimum atomic E-state index is -3.41. The summed E-state index contributed by atoms with van der Waals surface area (Å²) in [5, 5.41) is 0. The van der Waals surface area contributed by atoms with Crippen LogP contribution in [0.5, 0.6) is 5.75 Å². The van der Waals surface area contributed by atoms with Crippen molar-refractivity contribution in [3.8, 4) is 5.75 Å². The van der Waals surface area contributed by atoms with Crippen molar-refractivity contribution < 1.29 is 32.2 Å². The molecule has 1 aliphatic heterocycles. The number of carbonyl (C=O) groups is 2. The molecule has 0 spiro atoms. The number of nitrogens with one attached hydrogen (secondary N) is 1. The number of hydrogen-bond donors (Lipinski definition) is 1. The standard InChI is InChI=1S/C22H25NO7S/c1-15(21(24)16-8-10-18(11-9-16)23-31(2,26)27)30-22(25)17-5-3-6-19(13-17)29-14-20-7-4-12-28-20/h3,5-6,8-11,13,15,20,23H,4,7,12,14H2,1-2H3. The summed E-state index contributed by atoms with van der Waals surface area (Å²) in [4.78, 5) is 25.1. The molecule has 1 heterocycles. The van der Waals surface area contributed by atoms with Crippen LogP contribution in [-0.2, 0) is 19.5 Å². The third kappa shape index (κ3) is 6.80. The molecule has 2 unspecified atom stereocenters. The Balaban J connectivity index is 1.58. The van der Waals surface area contributed by atoms with Crippen molar-refractivity contribution in [2.24, 2.45) is 0 Å². The first-order valence-electron chi connectivity index (χ1n) is 9.89. The Kier molecular flexibility index (Phi) is 7.29. The van der Waals surface area contributed by atoms with Crippen LogP contribution < -0.4 is 9.46 Å². The van der Waals surface area contributed by atoms with E-state index in [4.69, 9.17) is 14.2 Å². The van der Waals surface area contributed by atoms with Crippen molar-refractivity contribution in [3.05, 3.63) is 59.7 Å². The fourth-order valence-electron chi connectivity index (χ4n) is 3.11. The molecule has 0 aromatic heterocycles. The van der Waals surface area contributed by atoms with Gasteiger partial charge >= 0.3 is 5.97 Å². The Morgan fingerprint density at radius 2 is 1.90 bits per heavy atom. The molecule has 166 valence electrons. The number of rotatable bonds is 9. The Morgan fingerprint density at radius 3 is 2.55 bits per heavy atom. The number of Topliss-reactive ketones (excluding diaryl/α,β-unsaturated/α-hetero) is 1. The molecule has 8 nitrogen and oxygen atoms in total. The van der Waals surface area contributed by atoms with E-state index in [0.29, 0.717) is 23.6 Å². The smallest absolute Gasteiger partial charge is 0.338 e. The first-order chi connectivity index (χ1) is 14.7. The quantitative estimate of drug-likeness (QED) is 0.465. The maximum absolute atomic E-state index is 12.6. The van der Waals surface area contributed by atoms with E-state index in [0.717, 1.165) is 25.7 Å². The van der Waals surface area contributed by atoms with Gasteiger partial charge in [0, 0.05) is 17.9 Å². The molecule has 0 bridgehead atoms. The molecule has 3 rings (SSSR count). The first kappa shape index (κ1) is 22.8. The second-order valence-electron chi connectivity index (χ2n) is 7.34. The Morgan fingerprint density at radius 1 is 1.16 bits per heavy atom. The largest absolute Gasteiger partial charge is 0.491 e. The van der Waals surface area contributed by atoms with E-state index in [2.05, 4.69) is 4.72 Å². The predicted molar refractivity (Wildman–Crippen MR) is 115 cm³/mol. The van der Waals surface area contributed by atoms with Crippen LogP contribution in [0, 0.1) is 0 Å². The number of carbonyl (C=O) groups excluding carboxylic acids is 2. The molecule has 9 heteroatoms. The topological polar surface area (TPSA) is 108 Å². The van der Waals surface area contributed by atoms with Crippen molar-refractivity contribution in [1.82, 2.24) is 0 Å². The Bertz CT molecular complexity index is 1030. The highest BCUT2D eigenvalue weighted by atomic mass is 32.2. The summed E-state index contributed by atoms with van der Waals surface area (Å²) in [7, 11) is -3.41. The number of ketones is 1. The summed E-state index contributed by atoms with van der Waals surface area (Å²) in [6.45, 7) is 2.64. The number of benzene rings is 2. The molecule has 0 aliphatic carbocycles. The molecular formula is C22H25NO7S. The SMILES string of the molecule is CC(OC(=O)c1cccc(OCC2CCCO2)c1)C(=O)c1ccc(NS(C)(=O)=O)cc1. The summed E-state index contributed by atoms with van der Waals surface area (Å²) in [5.74, 6) is -0.512. The van der Waals surface area contributed by atoms with Crippen molar-refractivity contribution in [2.75, 3.05) is 24.2 Å². The van der Waals surface area contributed by atoms with Crippen LogP contribution in [0.4, 0.5) is 5.69 Å². The van der Waals surface area contributed by atoms with Crippen molar-refractivity contribution in [1.29, 1.82) is 0 Å². The van der Waals surface area contributed by atoms with Gasteiger partial charge in [-0.2, -0.15) is 0 Å². The van der Waals surface area contributed by atoms with Crippen LogP contribution in [0.3, 0.4) is 0 Å². The zero-order valence-electron chi connectivity index (χ0n) is 17.4. The monoisotopic (exact) mass is 447 g/mol. The highest BCUT2D eigenvalue weighted by molar-refractivity contribution is 7.92. The number of hydrogen-bond acceptors (Lipinski definition) is 7. The summed E-state index contributed by atoms with van der Waals surface area (Å²) < 4.78 is 41.4. The van der Waals surface area contributed by atoms with Crippen LogP contribution in [0.2, 0.25) is 0 Å². The van der Waals surface area contributed by atoms with Gasteiger partial charge in [0.15, 0.2) is 6.10 Å². The molecule has 2 atom stereocenters. The molecule has 1 N–H and O–H groups in total. The van der Waals surface area contributed by atoms with E-state index >= 15 is 0 Å². The van der Waals surface area contributed by atoms with Gasteiger partial charge in [-0.15, -0.1) is 0 Å². The highest BCUT2D eigenvalue weighted by Gasteiger charge is 2.21. The molecule has 0 radical (unpaired) electrons. The fraction of sp³-hybridized carbons (Fsp3) is 0.364. The zero-order chi connectivity index (χ0) is 22.4. The van der Waals surface area contributed by atoms with Gasteiger partial charge in [0.2, 0.25) is 15.8 Å². The number of esters is 1. The minimum Gasteiger partial charge on any atom is -0.491 e. The lowest BCUT2D eigenvalue weighted by molar-refractivity contribution is 0.0318. The summed E-state index contributed by atoms with van der Waals surface area (Å²) in [6.07, 6.45) is 2.05. The van der Waals surface area contributed by atoms with E-state index in [9.17, 15) is 18.0 Å². The highest BCUT2D eigenvalue weighted by Crippen LogP contribution is 2.19. The molecule has 0 saturated carbocycles. The first-order valence-corrected chi connectivity index (χ1v) is 11.8. The third-order valence-electron chi connectivity index (χ3n) is 4.66. The molecule has 0 amide bonds. The summed E-state index contributed by atoms with van der Waals surface area (Å²) >= 11 is 0. The van der Waals surface area contributed by atoms with E-state index in [1.165, 1.54) is 31.2 Å². The van der Waals surface area contributed by atoms with E-state index in [1.54, 1.807) is 24.3 Å². The van der Waals surface area contributed by atoms with Crippen LogP contribution in [-0.4, -0.2) is 51.8 Å². The average Bonchev–Trinajstić information content (AvgIpc) is 3.25. The average molecular weight is 448 g/mol. The van der Waals surface area contributed by atoms with E-state index in [-0.39, 0.29) is 11.7 Å². The van der Waals surface area contributed by atoms with E-state index < -0.39 is 27.9 Å². The Labute approximate surface area is 181 Å². The molecule has 1 aliphatic rings. The molecule has 2 aromatic carbocycles. The van der Waals surface area contributed by atoms with Crippen molar-refractivity contribution in [3.63, 3.8) is 0 Å². The van der Waals surface area contributed by atoms with Crippen LogP contribution >= 0.6 is 0 Å². The van der Waals surface area contributed by atoms with Gasteiger partial charge in [-0.25, -0.2) is 13.2 Å². The number of sulfonamides is 1. The zero-order valence-corrected chi connectivity index (χ0v) is 18.2. The summed E-state index contributed by atoms with van der Waals surface area (Å²) in [5.41, 5.74) is 0.911. The van der Waals surface area contributed by atoms with Gasteiger partial charge < -0.3 is 14.2 Å². The predicted octanol–water partition coefficient (Wildman–Crippen LogP) is 3.04.